The van der Waals surface area contributed by atoms with Crippen LogP contribution in [0.3, 0.4) is 0 Å². The summed E-state index contributed by atoms with van der Waals surface area (Å²) >= 11 is 0. The Morgan fingerprint density at radius 3 is 2.35 bits per heavy atom. The molecule has 0 saturated carbocycles. The van der Waals surface area contributed by atoms with E-state index in [2.05, 4.69) is 0 Å². The summed E-state index contributed by atoms with van der Waals surface area (Å²) in [5, 5.41) is 0. The van der Waals surface area contributed by atoms with Crippen LogP contribution >= 0.6 is 0 Å². The van der Waals surface area contributed by atoms with Crippen molar-refractivity contribution in [3.8, 4) is 0 Å². The standard InChI is InChI=1S/C13H22O4/c1-7(2)6-16-13(15)12-10(14)9(5)11(17-12)8(3)4/h7-9,11-12H,6H2,1-5H3/t9-,11-,12?/m0/s1. The van der Waals surface area contributed by atoms with Gasteiger partial charge < -0.3 is 9.47 Å². The minimum atomic E-state index is -1.02. The zero-order valence-electron chi connectivity index (χ0n) is 11.2. The molecule has 98 valence electrons. The second-order valence-corrected chi connectivity index (χ2v) is 5.44. The Morgan fingerprint density at radius 1 is 1.35 bits per heavy atom. The maximum Gasteiger partial charge on any atom is 0.343 e. The van der Waals surface area contributed by atoms with Gasteiger partial charge in [0, 0.05) is 5.92 Å². The lowest BCUT2D eigenvalue weighted by Crippen LogP contribution is -2.31. The molecule has 17 heavy (non-hydrogen) atoms. The first-order valence-corrected chi connectivity index (χ1v) is 6.20. The van der Waals surface area contributed by atoms with E-state index in [0.29, 0.717) is 6.61 Å². The van der Waals surface area contributed by atoms with Crippen molar-refractivity contribution in [3.63, 3.8) is 0 Å². The van der Waals surface area contributed by atoms with E-state index in [4.69, 9.17) is 9.47 Å². The van der Waals surface area contributed by atoms with Crippen LogP contribution in [0.15, 0.2) is 0 Å². The summed E-state index contributed by atoms with van der Waals surface area (Å²) < 4.78 is 10.6. The summed E-state index contributed by atoms with van der Waals surface area (Å²) in [6, 6.07) is 0. The van der Waals surface area contributed by atoms with Gasteiger partial charge >= 0.3 is 5.97 Å². The maximum atomic E-state index is 11.9. The van der Waals surface area contributed by atoms with Crippen LogP contribution in [0.1, 0.15) is 34.6 Å². The van der Waals surface area contributed by atoms with Crippen molar-refractivity contribution in [2.45, 2.75) is 46.8 Å². The zero-order valence-corrected chi connectivity index (χ0v) is 11.2. The van der Waals surface area contributed by atoms with Gasteiger partial charge in [0.2, 0.25) is 6.10 Å². The Kier molecular flexibility index (Phi) is 4.69. The number of rotatable bonds is 4. The highest BCUT2D eigenvalue weighted by Gasteiger charge is 2.46. The van der Waals surface area contributed by atoms with Crippen molar-refractivity contribution < 1.29 is 19.1 Å². The second-order valence-electron chi connectivity index (χ2n) is 5.44. The molecule has 0 N–H and O–H groups in total. The van der Waals surface area contributed by atoms with Crippen LogP contribution in [0.5, 0.6) is 0 Å². The fourth-order valence-corrected chi connectivity index (χ4v) is 1.97. The lowest BCUT2D eigenvalue weighted by Gasteiger charge is -2.17. The van der Waals surface area contributed by atoms with Gasteiger partial charge in [-0.2, -0.15) is 0 Å². The van der Waals surface area contributed by atoms with Gasteiger partial charge in [0.05, 0.1) is 12.7 Å². The third-order valence-electron chi connectivity index (χ3n) is 2.92. The maximum absolute atomic E-state index is 11.9. The molecule has 0 aliphatic carbocycles. The lowest BCUT2D eigenvalue weighted by molar-refractivity contribution is -0.160. The molecular weight excluding hydrogens is 220 g/mol. The molecule has 0 amide bonds. The van der Waals surface area contributed by atoms with Gasteiger partial charge in [-0.15, -0.1) is 0 Å². The van der Waals surface area contributed by atoms with Gasteiger partial charge in [-0.05, 0) is 11.8 Å². The number of ketones is 1. The van der Waals surface area contributed by atoms with Gasteiger partial charge in [0.25, 0.3) is 0 Å². The van der Waals surface area contributed by atoms with Crippen molar-refractivity contribution in [2.75, 3.05) is 6.61 Å². The minimum Gasteiger partial charge on any atom is -0.463 e. The smallest absolute Gasteiger partial charge is 0.343 e. The van der Waals surface area contributed by atoms with Gasteiger partial charge in [-0.1, -0.05) is 34.6 Å². The summed E-state index contributed by atoms with van der Waals surface area (Å²) in [4.78, 5) is 23.6. The molecule has 0 aromatic carbocycles. The van der Waals surface area contributed by atoms with E-state index in [0.717, 1.165) is 0 Å². The first-order chi connectivity index (χ1) is 7.84. The Morgan fingerprint density at radius 2 is 1.94 bits per heavy atom. The van der Waals surface area contributed by atoms with Gasteiger partial charge in [0.15, 0.2) is 5.78 Å². The fraction of sp³-hybridized carbons (Fsp3) is 0.846. The summed E-state index contributed by atoms with van der Waals surface area (Å²) in [6.07, 6.45) is -1.20. The summed E-state index contributed by atoms with van der Waals surface area (Å²) in [7, 11) is 0. The van der Waals surface area contributed by atoms with E-state index in [-0.39, 0.29) is 29.6 Å². The topological polar surface area (TPSA) is 52.6 Å². The zero-order chi connectivity index (χ0) is 13.2. The highest BCUT2D eigenvalue weighted by molar-refractivity contribution is 6.04. The Balaban J connectivity index is 2.61. The largest absolute Gasteiger partial charge is 0.463 e. The van der Waals surface area contributed by atoms with Crippen LogP contribution in [0.25, 0.3) is 0 Å². The number of carbonyl (C=O) groups excluding carboxylic acids is 2. The Bertz CT molecular complexity index is 296. The number of carbonyl (C=O) groups is 2. The predicted molar refractivity (Wildman–Crippen MR) is 63.5 cm³/mol. The molecule has 4 heteroatoms. The number of esters is 1. The van der Waals surface area contributed by atoms with Gasteiger partial charge in [-0.3, -0.25) is 4.79 Å². The quantitative estimate of drug-likeness (QED) is 0.557. The molecule has 1 aliphatic heterocycles. The van der Waals surface area contributed by atoms with E-state index < -0.39 is 12.1 Å². The van der Waals surface area contributed by atoms with Crippen LogP contribution in [0.4, 0.5) is 0 Å². The molecule has 1 unspecified atom stereocenters. The van der Waals surface area contributed by atoms with Crippen LogP contribution in [0, 0.1) is 17.8 Å². The molecule has 1 fully saturated rings. The number of hydrogen-bond donors (Lipinski definition) is 0. The molecule has 1 saturated heterocycles. The van der Waals surface area contributed by atoms with Crippen molar-refractivity contribution in [1.82, 2.24) is 0 Å². The molecule has 4 nitrogen and oxygen atoms in total. The molecule has 1 rings (SSSR count). The first kappa shape index (κ1) is 14.2. The Hall–Kier alpha value is -0.900. The fourth-order valence-electron chi connectivity index (χ4n) is 1.97. The van der Waals surface area contributed by atoms with Crippen molar-refractivity contribution in [2.24, 2.45) is 17.8 Å². The third kappa shape index (κ3) is 3.28. The minimum absolute atomic E-state index is 0.155. The molecule has 0 spiro atoms. The summed E-state index contributed by atoms with van der Waals surface area (Å²) in [5.41, 5.74) is 0. The molecule has 0 aromatic heterocycles. The van der Waals surface area contributed by atoms with E-state index in [9.17, 15) is 9.59 Å². The predicted octanol–water partition coefficient (Wildman–Crippen LogP) is 1.81. The monoisotopic (exact) mass is 242 g/mol. The first-order valence-electron chi connectivity index (χ1n) is 6.20. The number of ether oxygens (including phenoxy) is 2. The molecule has 0 aromatic rings. The molecule has 0 bridgehead atoms. The van der Waals surface area contributed by atoms with Gasteiger partial charge in [0.1, 0.15) is 0 Å². The normalized spacial score (nSPS) is 29.1. The average Bonchev–Trinajstić information content (AvgIpc) is 2.53. The van der Waals surface area contributed by atoms with Crippen molar-refractivity contribution in [3.05, 3.63) is 0 Å². The highest BCUT2D eigenvalue weighted by Crippen LogP contribution is 2.28. The molecule has 1 aliphatic rings. The summed E-state index contributed by atoms with van der Waals surface area (Å²) in [6.45, 7) is 10.00. The van der Waals surface area contributed by atoms with Crippen molar-refractivity contribution >= 4 is 11.8 Å². The lowest BCUT2D eigenvalue weighted by atomic mass is 9.93. The van der Waals surface area contributed by atoms with Gasteiger partial charge in [-0.25, -0.2) is 4.79 Å². The van der Waals surface area contributed by atoms with E-state index in [1.807, 2.05) is 34.6 Å². The SMILES string of the molecule is CC(C)COC(=O)C1O[C@@H](C(C)C)[C@@H](C)C1=O. The summed E-state index contributed by atoms with van der Waals surface area (Å²) in [5.74, 6) is -0.451. The molecular formula is C13H22O4. The second kappa shape index (κ2) is 5.63. The van der Waals surface area contributed by atoms with Crippen LogP contribution in [0.2, 0.25) is 0 Å². The van der Waals surface area contributed by atoms with E-state index in [1.165, 1.54) is 0 Å². The Labute approximate surface area is 103 Å². The van der Waals surface area contributed by atoms with Crippen molar-refractivity contribution in [1.29, 1.82) is 0 Å². The van der Waals surface area contributed by atoms with Crippen LogP contribution in [-0.2, 0) is 19.1 Å². The average molecular weight is 242 g/mol. The molecule has 0 radical (unpaired) electrons. The van der Waals surface area contributed by atoms with E-state index in [1.54, 1.807) is 0 Å². The van der Waals surface area contributed by atoms with Crippen LogP contribution < -0.4 is 0 Å². The van der Waals surface area contributed by atoms with E-state index >= 15 is 0 Å². The third-order valence-corrected chi connectivity index (χ3v) is 2.92. The van der Waals surface area contributed by atoms with Crippen LogP contribution in [-0.4, -0.2) is 30.6 Å². The molecule has 3 atom stereocenters. The molecule has 1 heterocycles. The number of hydrogen-bond acceptors (Lipinski definition) is 4. The number of Topliss-reactive ketones (excluding diaryl/α,β-unsaturated/α-hetero) is 1. The highest BCUT2D eigenvalue weighted by atomic mass is 16.6.